The molecule has 1 atom stereocenters. The summed E-state index contributed by atoms with van der Waals surface area (Å²) in [6, 6.07) is 17.9. The summed E-state index contributed by atoms with van der Waals surface area (Å²) in [5.41, 5.74) is 4.01. The predicted octanol–water partition coefficient (Wildman–Crippen LogP) is 2.43. The number of hydrogen-bond donors (Lipinski definition) is 4. The maximum absolute atomic E-state index is 11.7. The lowest BCUT2D eigenvalue weighted by atomic mass is 9.99. The van der Waals surface area contributed by atoms with E-state index in [1.807, 2.05) is 57.4 Å². The van der Waals surface area contributed by atoms with Crippen molar-refractivity contribution in [3.05, 3.63) is 94.6 Å². The first-order valence-corrected chi connectivity index (χ1v) is 19.8. The average molecular weight is 829 g/mol. The van der Waals surface area contributed by atoms with Crippen LogP contribution in [0.5, 0.6) is 0 Å². The minimum Gasteiger partial charge on any atom is -0.483 e. The number of pyridine rings is 2. The molecule has 0 saturated carbocycles. The summed E-state index contributed by atoms with van der Waals surface area (Å²) in [5.74, 6) is -1.09. The Morgan fingerprint density at radius 3 is 1.76 bits per heavy atom. The molecule has 0 bridgehead atoms. The molecule has 1 fully saturated rings. The molecule has 1 aromatic carbocycles. The Bertz CT molecular complexity index is 1510. The number of carbonyl (C=O) groups excluding carboxylic acids is 1. The molecule has 1 aliphatic heterocycles. The zero-order valence-electron chi connectivity index (χ0n) is 34.8. The van der Waals surface area contributed by atoms with E-state index in [1.54, 1.807) is 18.2 Å². The number of nitrogens with zero attached hydrogens (tertiary/aromatic N) is 4. The first kappa shape index (κ1) is 50.9. The summed E-state index contributed by atoms with van der Waals surface area (Å²) in [7, 11) is 3.82. The molecule has 1 aliphatic rings. The molecular weight excluding hydrogens is 764 g/mol. The molecule has 3 aromatic rings. The number of aldehydes is 1. The number of hydrogen-bond acceptors (Lipinski definition) is 15. The van der Waals surface area contributed by atoms with E-state index in [1.165, 1.54) is 6.07 Å². The van der Waals surface area contributed by atoms with Crippen LogP contribution in [0.4, 0.5) is 0 Å². The number of nitrogens with one attached hydrogen (secondary N) is 2. The normalized spacial score (nSPS) is 15.8. The van der Waals surface area contributed by atoms with E-state index in [4.69, 9.17) is 38.3 Å². The third-order valence-corrected chi connectivity index (χ3v) is 8.61. The summed E-state index contributed by atoms with van der Waals surface area (Å²) in [6.07, 6.45) is 0.795. The Morgan fingerprint density at radius 2 is 1.27 bits per heavy atom. The van der Waals surface area contributed by atoms with E-state index in [2.05, 4.69) is 30.4 Å². The molecule has 17 nitrogen and oxygen atoms in total. The highest BCUT2D eigenvalue weighted by atomic mass is 16.5. The maximum atomic E-state index is 11.7. The Balaban J connectivity index is 0.000000681. The lowest BCUT2D eigenvalue weighted by molar-refractivity contribution is -0.122. The maximum Gasteiger partial charge on any atom is 0.354 e. The highest BCUT2D eigenvalue weighted by Crippen LogP contribution is 2.28. The molecule has 3 heterocycles. The van der Waals surface area contributed by atoms with Crippen molar-refractivity contribution in [1.29, 1.82) is 0 Å². The number of benzene rings is 1. The van der Waals surface area contributed by atoms with Gasteiger partial charge in [0, 0.05) is 57.1 Å². The van der Waals surface area contributed by atoms with Gasteiger partial charge in [-0.15, -0.1) is 0 Å². The van der Waals surface area contributed by atoms with Crippen LogP contribution < -0.4 is 10.6 Å². The summed E-state index contributed by atoms with van der Waals surface area (Å²) >= 11 is 0. The van der Waals surface area contributed by atoms with Crippen molar-refractivity contribution >= 4 is 18.7 Å². The topological polar surface area (TPSA) is 203 Å². The molecule has 2 aromatic heterocycles. The van der Waals surface area contributed by atoms with Crippen molar-refractivity contribution in [3.63, 3.8) is 0 Å². The van der Waals surface area contributed by atoms with Gasteiger partial charge >= 0.3 is 5.97 Å². The molecular formula is C42H64N6O11. The minimum atomic E-state index is -1.09. The van der Waals surface area contributed by atoms with Gasteiger partial charge in [-0.3, -0.25) is 24.4 Å². The second-order valence-corrected chi connectivity index (χ2v) is 13.0. The number of rotatable bonds is 16. The molecule has 0 spiro atoms. The van der Waals surface area contributed by atoms with Gasteiger partial charge < -0.3 is 49.3 Å². The largest absolute Gasteiger partial charge is 0.483 e. The average Bonchev–Trinajstić information content (AvgIpc) is 3.24. The Hall–Kier alpha value is -4.27. The van der Waals surface area contributed by atoms with E-state index in [0.717, 1.165) is 69.2 Å². The predicted molar refractivity (Wildman–Crippen MR) is 222 cm³/mol. The van der Waals surface area contributed by atoms with Gasteiger partial charge in [-0.1, -0.05) is 36.4 Å². The van der Waals surface area contributed by atoms with E-state index >= 15 is 0 Å². The van der Waals surface area contributed by atoms with E-state index in [9.17, 15) is 14.7 Å². The van der Waals surface area contributed by atoms with Crippen LogP contribution in [0.15, 0.2) is 60.7 Å². The fraction of sp³-hybridized carbons (Fsp3) is 0.548. The molecule has 4 N–H and O–H groups in total. The second kappa shape index (κ2) is 33.5. The fourth-order valence-electron chi connectivity index (χ4n) is 5.67. The Labute approximate surface area is 348 Å². The summed E-state index contributed by atoms with van der Waals surface area (Å²) in [5, 5.41) is 22.5. The van der Waals surface area contributed by atoms with Crippen LogP contribution in [0.1, 0.15) is 49.5 Å². The molecule has 328 valence electrons. The molecule has 0 radical (unpaired) electrons. The molecule has 1 unspecified atom stereocenters. The first-order valence-electron chi connectivity index (χ1n) is 19.8. The van der Waals surface area contributed by atoms with Crippen LogP contribution in [0.25, 0.3) is 0 Å². The van der Waals surface area contributed by atoms with Gasteiger partial charge in [-0.25, -0.2) is 9.78 Å². The number of aromatic nitrogens is 2. The summed E-state index contributed by atoms with van der Waals surface area (Å²) in [4.78, 5) is 44.9. The Kier molecular flexibility index (Phi) is 28.9. The van der Waals surface area contributed by atoms with Gasteiger partial charge in [0.25, 0.3) is 6.47 Å². The van der Waals surface area contributed by atoms with Gasteiger partial charge in [-0.2, -0.15) is 0 Å². The van der Waals surface area contributed by atoms with Gasteiger partial charge in [0.05, 0.1) is 96.7 Å². The van der Waals surface area contributed by atoms with Crippen LogP contribution in [0, 0.1) is 6.92 Å². The summed E-state index contributed by atoms with van der Waals surface area (Å²) < 4.78 is 34.2. The zero-order chi connectivity index (χ0) is 42.8. The first-order chi connectivity index (χ1) is 28.9. The highest BCUT2D eigenvalue weighted by Gasteiger charge is 2.25. The van der Waals surface area contributed by atoms with Crippen molar-refractivity contribution in [3.8, 4) is 0 Å². The van der Waals surface area contributed by atoms with Crippen LogP contribution >= 0.6 is 0 Å². The molecule has 1 saturated heterocycles. The van der Waals surface area contributed by atoms with Crippen LogP contribution in [-0.2, 0) is 39.8 Å². The van der Waals surface area contributed by atoms with Gasteiger partial charge in [0.15, 0.2) is 0 Å². The molecule has 4 rings (SSSR count). The van der Waals surface area contributed by atoms with Crippen molar-refractivity contribution in [1.82, 2.24) is 30.4 Å². The van der Waals surface area contributed by atoms with Crippen molar-refractivity contribution in [2.75, 3.05) is 133 Å². The number of carboxylic acids is 1. The fourth-order valence-corrected chi connectivity index (χ4v) is 5.67. The molecule has 0 aliphatic carbocycles. The smallest absolute Gasteiger partial charge is 0.354 e. The number of carboxylic acid groups (broad SMARTS) is 2. The number of ether oxygens (including phenoxy) is 6. The molecule has 59 heavy (non-hydrogen) atoms. The van der Waals surface area contributed by atoms with Gasteiger partial charge in [0.2, 0.25) is 0 Å². The lowest BCUT2D eigenvalue weighted by Gasteiger charge is -2.32. The molecule has 17 heteroatoms. The Morgan fingerprint density at radius 1 is 0.746 bits per heavy atom. The third-order valence-electron chi connectivity index (χ3n) is 8.61. The monoisotopic (exact) mass is 828 g/mol. The van der Waals surface area contributed by atoms with E-state index in [-0.39, 0.29) is 18.2 Å². The van der Waals surface area contributed by atoms with E-state index < -0.39 is 5.97 Å². The number of likely N-dealkylation sites (N-methyl/N-ethyl adjacent to an activating group) is 2. The van der Waals surface area contributed by atoms with Gasteiger partial charge in [0.1, 0.15) is 12.0 Å². The van der Waals surface area contributed by atoms with Crippen LogP contribution in [0.3, 0.4) is 0 Å². The summed E-state index contributed by atoms with van der Waals surface area (Å²) in [6.45, 7) is 13.5. The quantitative estimate of drug-likeness (QED) is 0.121. The van der Waals surface area contributed by atoms with Gasteiger partial charge in [-0.05, 0) is 50.8 Å². The lowest BCUT2D eigenvalue weighted by Crippen LogP contribution is -2.36. The second-order valence-electron chi connectivity index (χ2n) is 13.0. The van der Waals surface area contributed by atoms with Crippen molar-refractivity contribution in [2.45, 2.75) is 19.5 Å². The van der Waals surface area contributed by atoms with Crippen LogP contribution in [-0.4, -0.2) is 181 Å². The minimum absolute atomic E-state index is 0.0334. The van der Waals surface area contributed by atoms with Crippen molar-refractivity contribution in [2.24, 2.45) is 0 Å². The number of carbonyl (C=O) groups is 3. The number of aryl methyl sites for hydroxylation is 1. The third kappa shape index (κ3) is 23.2. The number of aromatic carboxylic acids is 1. The van der Waals surface area contributed by atoms with Crippen molar-refractivity contribution < 1.29 is 53.0 Å². The van der Waals surface area contributed by atoms with Crippen LogP contribution in [0.2, 0.25) is 0 Å². The zero-order valence-corrected chi connectivity index (χ0v) is 34.8. The standard InChI is InChI=1S/C33H42N4O7.C8H20N2O2.CH2O2/c1-26-4-2-5-29(34-26)24-36-12-16-41-20-22-43-18-14-37(15-19-44-23-21-42-17-13-36)32(28-10-8-27(25-38)9-11-28)30-6-3-7-31(35-30)33(39)40;1-9-3-5-11-7-8-12-6-4-10-2;2-1-3/h2-11,25,32H,12-24H2,1H3,(H,39,40);9-10H,3-8H2,1-2H3;1H,(H,2,3). The molecule has 0 amide bonds. The van der Waals surface area contributed by atoms with E-state index in [0.29, 0.717) is 90.4 Å². The SMILES string of the molecule is CNCCOCCOCCNC.Cc1cccc(CN2CCOCCOCCN(C(c3ccc(C=O)cc3)c3cccc(C(=O)O)n3)CCOCCOCC2)n1.O=CO. The highest BCUT2D eigenvalue weighted by molar-refractivity contribution is 5.85.